The Labute approximate surface area is 134 Å². The lowest BCUT2D eigenvalue weighted by Crippen LogP contribution is -2.28. The van der Waals surface area contributed by atoms with Gasteiger partial charge in [0.25, 0.3) is 5.91 Å². The lowest BCUT2D eigenvalue weighted by atomic mass is 10.1. The van der Waals surface area contributed by atoms with Crippen LogP contribution in [-0.4, -0.2) is 35.9 Å². The zero-order chi connectivity index (χ0) is 15.5. The summed E-state index contributed by atoms with van der Waals surface area (Å²) in [6.07, 6.45) is 0.805. The Morgan fingerprint density at radius 1 is 1.45 bits per heavy atom. The Balaban J connectivity index is 1.86. The van der Waals surface area contributed by atoms with Gasteiger partial charge in [0, 0.05) is 49.1 Å². The molecule has 1 N–H and O–H groups in total. The molecule has 6 heteroatoms. The third-order valence-corrected chi connectivity index (χ3v) is 4.79. The normalized spacial score (nSPS) is 12.6. The lowest BCUT2D eigenvalue weighted by molar-refractivity contribution is 0.0938. The zero-order valence-electron chi connectivity index (χ0n) is 12.8. The summed E-state index contributed by atoms with van der Waals surface area (Å²) in [5.41, 5.74) is 3.73. The van der Waals surface area contributed by atoms with Crippen LogP contribution in [0.3, 0.4) is 0 Å². The Kier molecular flexibility index (Phi) is 4.49. The zero-order valence-corrected chi connectivity index (χ0v) is 13.6. The molecule has 116 valence electrons. The molecule has 1 amide bonds. The number of benzene rings is 1. The van der Waals surface area contributed by atoms with Crippen LogP contribution in [0.5, 0.6) is 0 Å². The maximum Gasteiger partial charge on any atom is 0.269 e. The summed E-state index contributed by atoms with van der Waals surface area (Å²) < 4.78 is 6.69. The van der Waals surface area contributed by atoms with E-state index >= 15 is 0 Å². The predicted octanol–water partition coefficient (Wildman–Crippen LogP) is 2.46. The van der Waals surface area contributed by atoms with Crippen LogP contribution >= 0.6 is 11.8 Å². The smallest absolute Gasteiger partial charge is 0.269 e. The first-order valence-electron chi connectivity index (χ1n) is 7.27. The highest BCUT2D eigenvalue weighted by molar-refractivity contribution is 7.98. The van der Waals surface area contributed by atoms with E-state index in [2.05, 4.69) is 22.5 Å². The third-order valence-electron chi connectivity index (χ3n) is 3.69. The van der Waals surface area contributed by atoms with Crippen molar-refractivity contribution >= 4 is 17.7 Å². The third kappa shape index (κ3) is 2.76. The van der Waals surface area contributed by atoms with Gasteiger partial charge < -0.3 is 10.1 Å². The molecule has 0 unspecified atom stereocenters. The minimum Gasteiger partial charge on any atom is -0.385 e. The molecular formula is C16H19N3O2S. The van der Waals surface area contributed by atoms with Crippen molar-refractivity contribution in [2.75, 3.05) is 20.3 Å². The average molecular weight is 317 g/mol. The van der Waals surface area contributed by atoms with Crippen molar-refractivity contribution in [3.63, 3.8) is 0 Å². The monoisotopic (exact) mass is 317 g/mol. The first kappa shape index (κ1) is 15.1. The van der Waals surface area contributed by atoms with Gasteiger partial charge in [-0.25, -0.2) is 0 Å². The van der Waals surface area contributed by atoms with Gasteiger partial charge in [0.05, 0.1) is 5.69 Å². The summed E-state index contributed by atoms with van der Waals surface area (Å²) in [7, 11) is 3.49. The fraction of sp³-hybridized carbons (Fsp3) is 0.375. The number of nitrogens with zero attached hydrogens (tertiary/aromatic N) is 2. The van der Waals surface area contributed by atoms with Crippen molar-refractivity contribution in [2.45, 2.75) is 17.1 Å². The number of nitrogens with one attached hydrogen (secondary N) is 1. The van der Waals surface area contributed by atoms with E-state index in [-0.39, 0.29) is 5.91 Å². The average Bonchev–Trinajstić information content (AvgIpc) is 2.88. The molecule has 3 rings (SSSR count). The molecule has 1 aliphatic rings. The Morgan fingerprint density at radius 2 is 2.27 bits per heavy atom. The first-order valence-corrected chi connectivity index (χ1v) is 8.26. The summed E-state index contributed by atoms with van der Waals surface area (Å²) in [4.78, 5) is 13.7. The molecule has 0 spiro atoms. The topological polar surface area (TPSA) is 56.1 Å². The van der Waals surface area contributed by atoms with E-state index in [1.54, 1.807) is 23.6 Å². The maximum absolute atomic E-state index is 12.5. The van der Waals surface area contributed by atoms with Crippen LogP contribution < -0.4 is 5.32 Å². The van der Waals surface area contributed by atoms with E-state index in [4.69, 9.17) is 4.74 Å². The minimum atomic E-state index is -0.0627. The highest BCUT2D eigenvalue weighted by Crippen LogP contribution is 2.41. The molecule has 0 bridgehead atoms. The molecule has 0 saturated carbocycles. The van der Waals surface area contributed by atoms with E-state index < -0.39 is 0 Å². The first-order chi connectivity index (χ1) is 10.7. The fourth-order valence-electron chi connectivity index (χ4n) is 2.65. The molecule has 2 heterocycles. The minimum absolute atomic E-state index is 0.0627. The second kappa shape index (κ2) is 6.54. The number of ether oxygens (including phenoxy) is 1. The molecule has 1 aromatic heterocycles. The lowest BCUT2D eigenvalue weighted by Gasteiger charge is -2.15. The van der Waals surface area contributed by atoms with Gasteiger partial charge in [0.2, 0.25) is 0 Å². The molecule has 0 radical (unpaired) electrons. The molecule has 0 aliphatic carbocycles. The van der Waals surface area contributed by atoms with Gasteiger partial charge in [0.15, 0.2) is 0 Å². The van der Waals surface area contributed by atoms with E-state index in [1.165, 1.54) is 4.90 Å². The number of amides is 1. The summed E-state index contributed by atoms with van der Waals surface area (Å²) >= 11 is 1.75. The van der Waals surface area contributed by atoms with Gasteiger partial charge in [-0.2, -0.15) is 5.10 Å². The molecule has 22 heavy (non-hydrogen) atoms. The van der Waals surface area contributed by atoms with Crippen LogP contribution in [0.25, 0.3) is 11.3 Å². The molecule has 1 aliphatic heterocycles. The van der Waals surface area contributed by atoms with Crippen LogP contribution in [0.2, 0.25) is 0 Å². The number of aromatic nitrogens is 2. The van der Waals surface area contributed by atoms with Gasteiger partial charge in [-0.15, -0.1) is 11.8 Å². The van der Waals surface area contributed by atoms with E-state index in [1.807, 2.05) is 19.2 Å². The van der Waals surface area contributed by atoms with Gasteiger partial charge in [-0.1, -0.05) is 18.2 Å². The summed E-state index contributed by atoms with van der Waals surface area (Å²) in [6.45, 7) is 1.25. The van der Waals surface area contributed by atoms with Crippen molar-refractivity contribution in [3.05, 3.63) is 35.5 Å². The number of hydrogen-bond donors (Lipinski definition) is 1. The maximum atomic E-state index is 12.5. The summed E-state index contributed by atoms with van der Waals surface area (Å²) in [5.74, 6) is 0.716. The summed E-state index contributed by atoms with van der Waals surface area (Å²) in [6, 6.07) is 8.20. The number of thioether (sulfide) groups is 1. The number of rotatable bonds is 5. The molecule has 0 saturated heterocycles. The molecule has 0 atom stereocenters. The van der Waals surface area contributed by atoms with E-state index in [0.717, 1.165) is 29.0 Å². The van der Waals surface area contributed by atoms with E-state index in [9.17, 15) is 4.79 Å². The highest BCUT2D eigenvalue weighted by atomic mass is 32.2. The Hall–Kier alpha value is -1.79. The Morgan fingerprint density at radius 3 is 3.09 bits per heavy atom. The number of fused-ring (bicyclic) bond motifs is 3. The number of aryl methyl sites for hydroxylation is 1. The standard InChI is InChI=1S/C16H19N3O2S/c1-19-15(16(20)17-8-5-9-21-2)12-10-22-13-7-4-3-6-11(13)14(12)18-19/h3-4,6-7H,5,8-10H2,1-2H3,(H,17,20). The quantitative estimate of drug-likeness (QED) is 0.861. The predicted molar refractivity (Wildman–Crippen MR) is 87.0 cm³/mol. The SMILES string of the molecule is COCCCNC(=O)c1c2c(nn1C)-c1ccccc1SC2. The highest BCUT2D eigenvalue weighted by Gasteiger charge is 2.27. The molecule has 1 aromatic carbocycles. The van der Waals surface area contributed by atoms with Crippen LogP contribution in [0.15, 0.2) is 29.2 Å². The van der Waals surface area contributed by atoms with Crippen molar-refractivity contribution in [3.8, 4) is 11.3 Å². The molecule has 0 fully saturated rings. The van der Waals surface area contributed by atoms with Crippen molar-refractivity contribution in [1.29, 1.82) is 0 Å². The van der Waals surface area contributed by atoms with Crippen molar-refractivity contribution in [1.82, 2.24) is 15.1 Å². The Bertz CT molecular complexity index is 697. The van der Waals surface area contributed by atoms with E-state index in [0.29, 0.717) is 18.8 Å². The number of carbonyl (C=O) groups excluding carboxylic acids is 1. The van der Waals surface area contributed by atoms with Crippen LogP contribution in [0.4, 0.5) is 0 Å². The summed E-state index contributed by atoms with van der Waals surface area (Å²) in [5, 5.41) is 7.52. The molecule has 5 nitrogen and oxygen atoms in total. The van der Waals surface area contributed by atoms with Crippen LogP contribution in [-0.2, 0) is 17.5 Å². The number of methoxy groups -OCH3 is 1. The fourth-order valence-corrected chi connectivity index (χ4v) is 3.71. The van der Waals surface area contributed by atoms with Crippen molar-refractivity contribution < 1.29 is 9.53 Å². The molecular weight excluding hydrogens is 298 g/mol. The van der Waals surface area contributed by atoms with Crippen molar-refractivity contribution in [2.24, 2.45) is 7.05 Å². The van der Waals surface area contributed by atoms with Gasteiger partial charge in [0.1, 0.15) is 5.69 Å². The van der Waals surface area contributed by atoms with Gasteiger partial charge in [-0.3, -0.25) is 9.48 Å². The molecule has 2 aromatic rings. The second-order valence-corrected chi connectivity index (χ2v) is 6.20. The number of carbonyl (C=O) groups is 1. The second-order valence-electron chi connectivity index (χ2n) is 5.19. The largest absolute Gasteiger partial charge is 0.385 e. The van der Waals surface area contributed by atoms with Gasteiger partial charge >= 0.3 is 0 Å². The van der Waals surface area contributed by atoms with Crippen LogP contribution in [0.1, 0.15) is 22.5 Å². The van der Waals surface area contributed by atoms with Crippen LogP contribution in [0, 0.1) is 0 Å². The van der Waals surface area contributed by atoms with Gasteiger partial charge in [-0.05, 0) is 12.5 Å². The number of hydrogen-bond acceptors (Lipinski definition) is 4.